The quantitative estimate of drug-likeness (QED) is 0.147. The number of halogens is 1. The van der Waals surface area contributed by atoms with Gasteiger partial charge in [-0.1, -0.05) is 24.9 Å². The molecule has 0 spiro atoms. The van der Waals surface area contributed by atoms with Gasteiger partial charge < -0.3 is 27.3 Å². The lowest BCUT2D eigenvalue weighted by Gasteiger charge is -2.29. The summed E-state index contributed by atoms with van der Waals surface area (Å²) in [4.78, 5) is 54.6. The number of nitrogens with one attached hydrogen (secondary N) is 1. The van der Waals surface area contributed by atoms with Crippen LogP contribution in [0.4, 0.5) is 26.0 Å². The molecular formula is C17H29ClN10O5. The first-order valence-corrected chi connectivity index (χ1v) is 10.1. The van der Waals surface area contributed by atoms with E-state index in [1.807, 2.05) is 6.92 Å². The minimum absolute atomic E-state index is 0.112. The van der Waals surface area contributed by atoms with Gasteiger partial charge in [-0.05, 0) is 32.6 Å². The second kappa shape index (κ2) is 11.4. The van der Waals surface area contributed by atoms with E-state index in [-0.39, 0.29) is 12.5 Å². The Kier molecular flexibility index (Phi) is 9.57. The normalized spacial score (nSPS) is 11.9. The number of rotatable bonds is 10. The van der Waals surface area contributed by atoms with Gasteiger partial charge in [0.25, 0.3) is 5.91 Å². The monoisotopic (exact) mass is 488 g/mol. The molecule has 0 radical (unpaired) electrons. The van der Waals surface area contributed by atoms with Crippen LogP contribution < -0.4 is 44.2 Å². The van der Waals surface area contributed by atoms with Crippen molar-refractivity contribution in [3.8, 4) is 0 Å². The number of urea groups is 2. The molecule has 0 aliphatic carbocycles. The summed E-state index contributed by atoms with van der Waals surface area (Å²) in [5.41, 5.74) is 14.1. The van der Waals surface area contributed by atoms with Crippen molar-refractivity contribution < 1.29 is 23.9 Å². The number of hydrazine groups is 2. The van der Waals surface area contributed by atoms with Gasteiger partial charge in [-0.2, -0.15) is 0 Å². The number of primary amides is 3. The van der Waals surface area contributed by atoms with Gasteiger partial charge in [0, 0.05) is 6.54 Å². The Hall–Kier alpha value is -3.43. The molecule has 0 bridgehead atoms. The molecule has 0 saturated carbocycles. The SMILES string of the molecule is CCC[C@H](CNC(=O)c1nc(Cl)c(N(N)C(N)=O)nc1N(N)C(N)=O)CC(C)(C)OC(N)=O. The molecule has 1 heterocycles. The third-order valence-corrected chi connectivity index (χ3v) is 4.62. The first kappa shape index (κ1) is 27.6. The largest absolute Gasteiger partial charge is 0.444 e. The van der Waals surface area contributed by atoms with Crippen LogP contribution in [0.3, 0.4) is 0 Å². The van der Waals surface area contributed by atoms with Crippen LogP contribution in [0.25, 0.3) is 0 Å². The summed E-state index contributed by atoms with van der Waals surface area (Å²) in [6.07, 6.45) is 0.965. The fraction of sp³-hybridized carbons (Fsp3) is 0.529. The second-order valence-corrected chi connectivity index (χ2v) is 8.03. The van der Waals surface area contributed by atoms with Crippen LogP contribution in [-0.4, -0.2) is 46.2 Å². The Balaban J connectivity index is 3.21. The summed E-state index contributed by atoms with van der Waals surface area (Å²) in [5, 5.41) is 2.89. The zero-order chi connectivity index (χ0) is 25.5. The Morgan fingerprint density at radius 3 is 2.09 bits per heavy atom. The molecule has 11 N–H and O–H groups in total. The second-order valence-electron chi connectivity index (χ2n) is 7.68. The number of carbonyl (C=O) groups is 4. The molecule has 1 aromatic heterocycles. The maximum Gasteiger partial charge on any atom is 0.405 e. The summed E-state index contributed by atoms with van der Waals surface area (Å²) in [6.45, 7) is 5.49. The number of anilines is 2. The van der Waals surface area contributed by atoms with Crippen molar-refractivity contribution in [3.05, 3.63) is 10.8 Å². The van der Waals surface area contributed by atoms with Crippen molar-refractivity contribution >= 4 is 47.3 Å². The Morgan fingerprint density at radius 1 is 1.06 bits per heavy atom. The molecular weight excluding hydrogens is 460 g/mol. The third kappa shape index (κ3) is 7.89. The zero-order valence-corrected chi connectivity index (χ0v) is 19.3. The van der Waals surface area contributed by atoms with Gasteiger partial charge >= 0.3 is 18.2 Å². The van der Waals surface area contributed by atoms with Crippen LogP contribution in [0.15, 0.2) is 0 Å². The van der Waals surface area contributed by atoms with E-state index in [4.69, 9.17) is 45.2 Å². The zero-order valence-electron chi connectivity index (χ0n) is 18.5. The van der Waals surface area contributed by atoms with Crippen molar-refractivity contribution in [1.82, 2.24) is 15.3 Å². The molecule has 0 fully saturated rings. The summed E-state index contributed by atoms with van der Waals surface area (Å²) < 4.78 is 5.11. The maximum atomic E-state index is 12.9. The highest BCUT2D eigenvalue weighted by Gasteiger charge is 2.29. The van der Waals surface area contributed by atoms with Crippen LogP contribution in [0.1, 0.15) is 50.5 Å². The fourth-order valence-electron chi connectivity index (χ4n) is 3.09. The number of hydrogen-bond donors (Lipinski definition) is 6. The standard InChI is InChI=1S/C17H29ClN10O5/c1-4-5-8(6-17(2,3)33-16(21)32)7-24-13(29)9-11(27(22)14(19)30)26-12(10(18)25-9)28(23)15(20)31/h8H,4-7,22-23H2,1-3H3,(H2,19,30)(H2,20,31)(H2,21,32)(H,24,29)/t8-/m0/s1. The number of aromatic nitrogens is 2. The highest BCUT2D eigenvalue weighted by molar-refractivity contribution is 6.32. The number of amides is 6. The van der Waals surface area contributed by atoms with Crippen molar-refractivity contribution in [1.29, 1.82) is 0 Å². The lowest BCUT2D eigenvalue weighted by atomic mass is 9.90. The first-order valence-electron chi connectivity index (χ1n) is 9.72. The molecule has 0 aliphatic rings. The molecule has 6 amide bonds. The lowest BCUT2D eigenvalue weighted by Crippen LogP contribution is -2.46. The van der Waals surface area contributed by atoms with Crippen LogP contribution in [0.5, 0.6) is 0 Å². The van der Waals surface area contributed by atoms with Crippen molar-refractivity contribution in [3.63, 3.8) is 0 Å². The minimum Gasteiger partial charge on any atom is -0.444 e. The molecule has 15 nitrogen and oxygen atoms in total. The summed E-state index contributed by atoms with van der Waals surface area (Å²) in [6, 6.07) is -2.32. The molecule has 1 rings (SSSR count). The van der Waals surface area contributed by atoms with Crippen molar-refractivity contribution in [2.45, 2.75) is 45.6 Å². The molecule has 1 aromatic rings. The molecule has 0 unspecified atom stereocenters. The van der Waals surface area contributed by atoms with Crippen LogP contribution >= 0.6 is 11.6 Å². The molecule has 1 atom stereocenters. The molecule has 33 heavy (non-hydrogen) atoms. The summed E-state index contributed by atoms with van der Waals surface area (Å²) >= 11 is 6.00. The van der Waals surface area contributed by atoms with E-state index in [0.717, 1.165) is 6.42 Å². The van der Waals surface area contributed by atoms with Gasteiger partial charge in [0.2, 0.25) is 0 Å². The average Bonchev–Trinajstić information content (AvgIpc) is 2.69. The first-order chi connectivity index (χ1) is 15.2. The van der Waals surface area contributed by atoms with E-state index in [0.29, 0.717) is 22.9 Å². The Labute approximate surface area is 194 Å². The van der Waals surface area contributed by atoms with E-state index in [1.165, 1.54) is 0 Å². The van der Waals surface area contributed by atoms with Gasteiger partial charge in [0.15, 0.2) is 22.5 Å². The van der Waals surface area contributed by atoms with Gasteiger partial charge in [0.05, 0.1) is 0 Å². The Morgan fingerprint density at radius 2 is 1.61 bits per heavy atom. The van der Waals surface area contributed by atoms with E-state index in [9.17, 15) is 19.2 Å². The molecule has 0 aromatic carbocycles. The summed E-state index contributed by atoms with van der Waals surface area (Å²) in [5.74, 6) is 9.21. The van der Waals surface area contributed by atoms with Gasteiger partial charge in [0.1, 0.15) is 5.60 Å². The predicted octanol–water partition coefficient (Wildman–Crippen LogP) is 0.0577. The van der Waals surface area contributed by atoms with Crippen LogP contribution in [0.2, 0.25) is 5.15 Å². The third-order valence-electron chi connectivity index (χ3n) is 4.37. The molecule has 16 heteroatoms. The van der Waals surface area contributed by atoms with Crippen LogP contribution in [-0.2, 0) is 4.74 Å². The smallest absolute Gasteiger partial charge is 0.405 e. The minimum atomic E-state index is -1.18. The highest BCUT2D eigenvalue weighted by Crippen LogP contribution is 2.26. The predicted molar refractivity (Wildman–Crippen MR) is 120 cm³/mol. The summed E-state index contributed by atoms with van der Waals surface area (Å²) in [7, 11) is 0. The molecule has 184 valence electrons. The topological polar surface area (TPSA) is 252 Å². The van der Waals surface area contributed by atoms with E-state index in [1.54, 1.807) is 13.8 Å². The fourth-order valence-corrected chi connectivity index (χ4v) is 3.31. The van der Waals surface area contributed by atoms with Crippen molar-refractivity contribution in [2.75, 3.05) is 16.6 Å². The number of ether oxygens (including phenoxy) is 1. The Bertz CT molecular complexity index is 912. The van der Waals surface area contributed by atoms with Gasteiger partial charge in [-0.3, -0.25) is 4.79 Å². The number of carbonyl (C=O) groups excluding carboxylic acids is 4. The number of nitrogens with zero attached hydrogens (tertiary/aromatic N) is 4. The maximum absolute atomic E-state index is 12.9. The highest BCUT2D eigenvalue weighted by atomic mass is 35.5. The van der Waals surface area contributed by atoms with E-state index < -0.39 is 52.1 Å². The van der Waals surface area contributed by atoms with Crippen LogP contribution in [0, 0.1) is 5.92 Å². The van der Waals surface area contributed by atoms with E-state index >= 15 is 0 Å². The number of nitrogens with two attached hydrogens (primary N) is 5. The number of hydrogen-bond acceptors (Lipinski definition) is 9. The van der Waals surface area contributed by atoms with E-state index in [2.05, 4.69) is 15.3 Å². The average molecular weight is 489 g/mol. The van der Waals surface area contributed by atoms with Gasteiger partial charge in [-0.15, -0.1) is 0 Å². The molecule has 0 aliphatic heterocycles. The lowest BCUT2D eigenvalue weighted by molar-refractivity contribution is 0.0251. The molecule has 0 saturated heterocycles. The van der Waals surface area contributed by atoms with Gasteiger partial charge in [-0.25, -0.2) is 46.1 Å². The van der Waals surface area contributed by atoms with Crippen molar-refractivity contribution in [2.24, 2.45) is 34.8 Å².